The number of hydrogen-bond donors (Lipinski definition) is 0. The molecule has 0 saturated carbocycles. The van der Waals surface area contributed by atoms with E-state index in [1.165, 1.54) is 17.5 Å². The molecule has 1 aliphatic rings. The van der Waals surface area contributed by atoms with Crippen LogP contribution in [0.25, 0.3) is 11.4 Å². The smallest absolute Gasteiger partial charge is 0.241 e. The Labute approximate surface area is 141 Å². The Balaban J connectivity index is 1.50. The molecule has 0 bridgehead atoms. The summed E-state index contributed by atoms with van der Waals surface area (Å²) in [5, 5.41) is 8.42. The van der Waals surface area contributed by atoms with Gasteiger partial charge in [-0.1, -0.05) is 35.0 Å². The third-order valence-electron chi connectivity index (χ3n) is 4.59. The predicted octanol–water partition coefficient (Wildman–Crippen LogP) is 3.12. The molecule has 6 heteroatoms. The lowest BCUT2D eigenvalue weighted by molar-refractivity contribution is 0.212. The van der Waals surface area contributed by atoms with Crippen molar-refractivity contribution in [3.63, 3.8) is 0 Å². The van der Waals surface area contributed by atoms with Gasteiger partial charge in [-0.3, -0.25) is 9.58 Å². The summed E-state index contributed by atoms with van der Waals surface area (Å²) in [6.45, 7) is 3.79. The molecule has 3 aromatic rings. The van der Waals surface area contributed by atoms with Crippen LogP contribution in [-0.2, 0) is 13.6 Å². The van der Waals surface area contributed by atoms with Crippen molar-refractivity contribution in [2.24, 2.45) is 7.05 Å². The summed E-state index contributed by atoms with van der Waals surface area (Å²) in [6.07, 6.45) is 6.37. The van der Waals surface area contributed by atoms with E-state index < -0.39 is 0 Å². The molecule has 124 valence electrons. The molecule has 1 saturated heterocycles. The molecule has 4 rings (SSSR count). The van der Waals surface area contributed by atoms with E-state index in [1.807, 2.05) is 30.1 Å². The number of aromatic nitrogens is 4. The van der Waals surface area contributed by atoms with E-state index in [-0.39, 0.29) is 0 Å². The Hall–Kier alpha value is -2.47. The summed E-state index contributed by atoms with van der Waals surface area (Å²) in [5.41, 5.74) is 3.47. The molecule has 1 aromatic carbocycles. The van der Waals surface area contributed by atoms with Gasteiger partial charge in [0.25, 0.3) is 0 Å². The highest BCUT2D eigenvalue weighted by atomic mass is 16.5. The lowest BCUT2D eigenvalue weighted by Gasteiger charge is -2.21. The van der Waals surface area contributed by atoms with Gasteiger partial charge in [0.1, 0.15) is 0 Å². The summed E-state index contributed by atoms with van der Waals surface area (Å²) in [5.74, 6) is 1.32. The van der Waals surface area contributed by atoms with Crippen molar-refractivity contribution in [3.05, 3.63) is 53.7 Å². The normalized spacial score (nSPS) is 18.3. The number of likely N-dealkylation sites (tertiary alicyclic amines) is 1. The summed E-state index contributed by atoms with van der Waals surface area (Å²) in [4.78, 5) is 6.96. The molecule has 3 heterocycles. The van der Waals surface area contributed by atoms with Gasteiger partial charge in [-0.25, -0.2) is 0 Å². The molecule has 0 radical (unpaired) electrons. The zero-order valence-corrected chi connectivity index (χ0v) is 14.0. The predicted molar refractivity (Wildman–Crippen MR) is 90.1 cm³/mol. The van der Waals surface area contributed by atoms with Crippen molar-refractivity contribution in [2.75, 3.05) is 6.54 Å². The third kappa shape index (κ3) is 2.97. The molecule has 1 aliphatic heterocycles. The lowest BCUT2D eigenvalue weighted by Crippen LogP contribution is -2.22. The van der Waals surface area contributed by atoms with Crippen LogP contribution in [0.4, 0.5) is 0 Å². The van der Waals surface area contributed by atoms with E-state index in [1.54, 1.807) is 0 Å². The van der Waals surface area contributed by atoms with Crippen LogP contribution < -0.4 is 0 Å². The zero-order chi connectivity index (χ0) is 16.5. The monoisotopic (exact) mass is 323 g/mol. The lowest BCUT2D eigenvalue weighted by atomic mass is 10.1. The maximum Gasteiger partial charge on any atom is 0.241 e. The molecule has 1 unspecified atom stereocenters. The van der Waals surface area contributed by atoms with Gasteiger partial charge in [-0.05, 0) is 26.3 Å². The van der Waals surface area contributed by atoms with Crippen LogP contribution in [0.15, 0.2) is 41.2 Å². The highest BCUT2D eigenvalue weighted by Gasteiger charge is 2.28. The van der Waals surface area contributed by atoms with Crippen molar-refractivity contribution < 1.29 is 4.52 Å². The fourth-order valence-corrected chi connectivity index (χ4v) is 3.32. The minimum atomic E-state index is 0.383. The Morgan fingerprint density at radius 1 is 1.25 bits per heavy atom. The van der Waals surface area contributed by atoms with E-state index in [0.717, 1.165) is 18.5 Å². The summed E-state index contributed by atoms with van der Waals surface area (Å²) >= 11 is 0. The van der Waals surface area contributed by atoms with Crippen LogP contribution in [-0.4, -0.2) is 31.4 Å². The van der Waals surface area contributed by atoms with E-state index in [0.29, 0.717) is 24.3 Å². The minimum absolute atomic E-state index is 0.383. The minimum Gasteiger partial charge on any atom is -0.338 e. The maximum absolute atomic E-state index is 5.48. The summed E-state index contributed by atoms with van der Waals surface area (Å²) in [7, 11) is 1.95. The van der Waals surface area contributed by atoms with Gasteiger partial charge in [0.05, 0.1) is 12.7 Å². The van der Waals surface area contributed by atoms with Gasteiger partial charge in [-0.2, -0.15) is 10.1 Å². The zero-order valence-electron chi connectivity index (χ0n) is 14.0. The van der Waals surface area contributed by atoms with Crippen LogP contribution in [0.3, 0.4) is 0 Å². The number of rotatable bonds is 4. The molecule has 0 N–H and O–H groups in total. The molecule has 1 fully saturated rings. The van der Waals surface area contributed by atoms with Crippen LogP contribution in [0.2, 0.25) is 0 Å². The number of aryl methyl sites for hydroxylation is 2. The van der Waals surface area contributed by atoms with Crippen molar-refractivity contribution in [3.8, 4) is 11.4 Å². The van der Waals surface area contributed by atoms with E-state index in [2.05, 4.69) is 45.4 Å². The first kappa shape index (κ1) is 15.1. The van der Waals surface area contributed by atoms with Crippen molar-refractivity contribution >= 4 is 0 Å². The first-order chi connectivity index (χ1) is 11.7. The molecular formula is C18H21N5O. The Kier molecular flexibility index (Phi) is 3.90. The molecular weight excluding hydrogens is 302 g/mol. The second kappa shape index (κ2) is 6.20. The summed E-state index contributed by atoms with van der Waals surface area (Å²) in [6, 6.07) is 8.55. The SMILES string of the molecule is Cc1ccc(-c2noc(CN3CCCC3c3cnn(C)c3)n2)cc1. The second-order valence-corrected chi connectivity index (χ2v) is 6.45. The maximum atomic E-state index is 5.48. The average molecular weight is 323 g/mol. The Morgan fingerprint density at radius 2 is 2.08 bits per heavy atom. The van der Waals surface area contributed by atoms with Crippen LogP contribution in [0.1, 0.15) is 35.9 Å². The number of benzene rings is 1. The first-order valence-electron chi connectivity index (χ1n) is 8.31. The number of nitrogens with zero attached hydrogens (tertiary/aromatic N) is 5. The molecule has 6 nitrogen and oxygen atoms in total. The fourth-order valence-electron chi connectivity index (χ4n) is 3.32. The first-order valence-corrected chi connectivity index (χ1v) is 8.31. The van der Waals surface area contributed by atoms with Gasteiger partial charge in [0.2, 0.25) is 11.7 Å². The Bertz CT molecular complexity index is 820. The van der Waals surface area contributed by atoms with Crippen LogP contribution in [0, 0.1) is 6.92 Å². The highest BCUT2D eigenvalue weighted by molar-refractivity contribution is 5.54. The quantitative estimate of drug-likeness (QED) is 0.738. The van der Waals surface area contributed by atoms with Crippen LogP contribution >= 0.6 is 0 Å². The largest absolute Gasteiger partial charge is 0.338 e. The van der Waals surface area contributed by atoms with Gasteiger partial charge in [0.15, 0.2) is 0 Å². The standard InChI is InChI=1S/C18H21N5O/c1-13-5-7-14(8-6-13)18-20-17(24-21-18)12-23-9-3-4-16(23)15-10-19-22(2)11-15/h5-8,10-11,16H,3-4,9,12H2,1-2H3. The topological polar surface area (TPSA) is 60.0 Å². The Morgan fingerprint density at radius 3 is 2.83 bits per heavy atom. The molecule has 0 amide bonds. The second-order valence-electron chi connectivity index (χ2n) is 6.45. The van der Waals surface area contributed by atoms with Crippen molar-refractivity contribution in [2.45, 2.75) is 32.4 Å². The van der Waals surface area contributed by atoms with E-state index in [4.69, 9.17) is 4.52 Å². The molecule has 24 heavy (non-hydrogen) atoms. The van der Waals surface area contributed by atoms with Gasteiger partial charge >= 0.3 is 0 Å². The fraction of sp³-hybridized carbons (Fsp3) is 0.389. The van der Waals surface area contributed by atoms with E-state index >= 15 is 0 Å². The average Bonchev–Trinajstić information content (AvgIpc) is 3.30. The van der Waals surface area contributed by atoms with Crippen molar-refractivity contribution in [1.29, 1.82) is 0 Å². The highest BCUT2D eigenvalue weighted by Crippen LogP contribution is 2.32. The van der Waals surface area contributed by atoms with Gasteiger partial charge < -0.3 is 4.52 Å². The summed E-state index contributed by atoms with van der Waals surface area (Å²) < 4.78 is 7.33. The molecule has 0 aliphatic carbocycles. The van der Waals surface area contributed by atoms with Gasteiger partial charge in [0, 0.05) is 30.4 Å². The van der Waals surface area contributed by atoms with Gasteiger partial charge in [-0.15, -0.1) is 0 Å². The number of hydrogen-bond acceptors (Lipinski definition) is 5. The van der Waals surface area contributed by atoms with Crippen molar-refractivity contribution in [1.82, 2.24) is 24.8 Å². The molecule has 1 atom stereocenters. The van der Waals surface area contributed by atoms with Crippen LogP contribution in [0.5, 0.6) is 0 Å². The van der Waals surface area contributed by atoms with E-state index in [9.17, 15) is 0 Å². The third-order valence-corrected chi connectivity index (χ3v) is 4.59. The molecule has 0 spiro atoms. The molecule has 2 aromatic heterocycles.